The van der Waals surface area contributed by atoms with Crippen molar-refractivity contribution in [2.75, 3.05) is 36.8 Å². The second-order valence-corrected chi connectivity index (χ2v) is 7.87. The van der Waals surface area contributed by atoms with Crippen molar-refractivity contribution < 1.29 is 4.79 Å². The van der Waals surface area contributed by atoms with Crippen LogP contribution in [0.5, 0.6) is 0 Å². The minimum atomic E-state index is -0.0450. The molecule has 0 unspecified atom stereocenters. The lowest BCUT2D eigenvalue weighted by Gasteiger charge is -2.25. The molecule has 1 aliphatic heterocycles. The summed E-state index contributed by atoms with van der Waals surface area (Å²) < 4.78 is 0. The molecule has 5 nitrogen and oxygen atoms in total. The first-order chi connectivity index (χ1) is 14.0. The maximum absolute atomic E-state index is 11.1. The number of carbonyl (C=O) groups excluding carboxylic acids is 1. The lowest BCUT2D eigenvalue weighted by molar-refractivity contribution is -0.114. The summed E-state index contributed by atoms with van der Waals surface area (Å²) in [5, 5.41) is 7.02. The van der Waals surface area contributed by atoms with Crippen molar-refractivity contribution in [3.8, 4) is 0 Å². The molecule has 2 aromatic rings. The highest BCUT2D eigenvalue weighted by molar-refractivity contribution is 7.80. The highest BCUT2D eigenvalue weighted by atomic mass is 32.1. The van der Waals surface area contributed by atoms with Crippen LogP contribution in [0.1, 0.15) is 31.4 Å². The number of hydrogen-bond acceptors (Lipinski definition) is 3. The van der Waals surface area contributed by atoms with E-state index in [-0.39, 0.29) is 5.91 Å². The molecule has 0 bridgehead atoms. The fraction of sp³-hybridized carbons (Fsp3) is 0.391. The predicted molar refractivity (Wildman–Crippen MR) is 124 cm³/mol. The van der Waals surface area contributed by atoms with E-state index in [0.717, 1.165) is 62.1 Å². The normalized spacial score (nSPS) is 14.9. The van der Waals surface area contributed by atoms with Gasteiger partial charge in [0.25, 0.3) is 0 Å². The van der Waals surface area contributed by atoms with Gasteiger partial charge in [0.05, 0.1) is 0 Å². The number of aryl methyl sites for hydroxylation is 1. The summed E-state index contributed by atoms with van der Waals surface area (Å²) in [7, 11) is 0. The van der Waals surface area contributed by atoms with Crippen molar-refractivity contribution in [2.24, 2.45) is 0 Å². The molecule has 0 spiro atoms. The molecule has 2 aromatic carbocycles. The second-order valence-electron chi connectivity index (χ2n) is 7.48. The Morgan fingerprint density at radius 2 is 1.76 bits per heavy atom. The molecule has 6 heteroatoms. The third-order valence-electron chi connectivity index (χ3n) is 5.14. The monoisotopic (exact) mass is 410 g/mol. The number of hydrogen-bond donors (Lipinski definition) is 2. The molecular weight excluding hydrogens is 380 g/mol. The molecule has 1 aliphatic rings. The Labute approximate surface area is 179 Å². The van der Waals surface area contributed by atoms with Crippen LogP contribution in [0.4, 0.5) is 11.4 Å². The van der Waals surface area contributed by atoms with Crippen molar-refractivity contribution in [3.63, 3.8) is 0 Å². The third-order valence-corrected chi connectivity index (χ3v) is 5.50. The number of amides is 1. The molecule has 3 rings (SSSR count). The summed E-state index contributed by atoms with van der Waals surface area (Å²) in [6, 6.07) is 16.5. The zero-order valence-corrected chi connectivity index (χ0v) is 18.1. The van der Waals surface area contributed by atoms with Gasteiger partial charge in [-0.1, -0.05) is 31.2 Å². The minimum Gasteiger partial charge on any atom is -0.348 e. The molecule has 1 fully saturated rings. The molecule has 29 heavy (non-hydrogen) atoms. The summed E-state index contributed by atoms with van der Waals surface area (Å²) in [5.74, 6) is -0.0450. The SMILES string of the molecule is CCc1cccc(NC(=S)N2CCCN(Cc3ccc(NC(C)=O)cc3)CC2)c1. The molecule has 0 radical (unpaired) electrons. The van der Waals surface area contributed by atoms with Crippen LogP contribution in [-0.2, 0) is 17.8 Å². The Kier molecular flexibility index (Phi) is 7.61. The fourth-order valence-corrected chi connectivity index (χ4v) is 3.86. The van der Waals surface area contributed by atoms with E-state index < -0.39 is 0 Å². The number of anilines is 2. The van der Waals surface area contributed by atoms with Crippen LogP contribution in [0.15, 0.2) is 48.5 Å². The molecule has 1 heterocycles. The Bertz CT molecular complexity index is 837. The zero-order chi connectivity index (χ0) is 20.6. The minimum absolute atomic E-state index is 0.0450. The van der Waals surface area contributed by atoms with Crippen molar-refractivity contribution in [1.29, 1.82) is 0 Å². The van der Waals surface area contributed by atoms with Gasteiger partial charge >= 0.3 is 0 Å². The zero-order valence-electron chi connectivity index (χ0n) is 17.3. The van der Waals surface area contributed by atoms with Gasteiger partial charge in [-0.2, -0.15) is 0 Å². The summed E-state index contributed by atoms with van der Waals surface area (Å²) in [6.45, 7) is 8.51. The molecular formula is C23H30N4OS. The molecule has 1 amide bonds. The molecule has 0 atom stereocenters. The van der Waals surface area contributed by atoms with Crippen LogP contribution in [0.3, 0.4) is 0 Å². The molecule has 2 N–H and O–H groups in total. The second kappa shape index (κ2) is 10.4. The number of nitrogens with zero attached hydrogens (tertiary/aromatic N) is 2. The van der Waals surface area contributed by atoms with E-state index in [1.807, 2.05) is 12.1 Å². The van der Waals surface area contributed by atoms with Crippen LogP contribution in [0.2, 0.25) is 0 Å². The Balaban J connectivity index is 1.51. The molecule has 0 aromatic heterocycles. The predicted octanol–water partition coefficient (Wildman–Crippen LogP) is 4.11. The molecule has 0 saturated carbocycles. The van der Waals surface area contributed by atoms with Gasteiger partial charge in [-0.05, 0) is 60.5 Å². The van der Waals surface area contributed by atoms with Gasteiger partial charge in [-0.3, -0.25) is 9.69 Å². The topological polar surface area (TPSA) is 47.6 Å². The molecule has 154 valence electrons. The average Bonchev–Trinajstić information content (AvgIpc) is 2.95. The number of benzene rings is 2. The van der Waals surface area contributed by atoms with Crippen LogP contribution in [-0.4, -0.2) is 47.0 Å². The van der Waals surface area contributed by atoms with E-state index in [1.54, 1.807) is 0 Å². The van der Waals surface area contributed by atoms with E-state index in [1.165, 1.54) is 18.1 Å². The molecule has 1 saturated heterocycles. The quantitative estimate of drug-likeness (QED) is 0.727. The van der Waals surface area contributed by atoms with Crippen molar-refractivity contribution in [1.82, 2.24) is 9.80 Å². The summed E-state index contributed by atoms with van der Waals surface area (Å²) in [4.78, 5) is 15.9. The molecule has 0 aliphatic carbocycles. The van der Waals surface area contributed by atoms with Crippen molar-refractivity contribution in [3.05, 3.63) is 59.7 Å². The van der Waals surface area contributed by atoms with Gasteiger partial charge in [-0.15, -0.1) is 0 Å². The van der Waals surface area contributed by atoms with Crippen LogP contribution in [0, 0.1) is 0 Å². The van der Waals surface area contributed by atoms with Crippen molar-refractivity contribution in [2.45, 2.75) is 33.2 Å². The van der Waals surface area contributed by atoms with Gasteiger partial charge in [0.1, 0.15) is 0 Å². The van der Waals surface area contributed by atoms with Crippen LogP contribution >= 0.6 is 12.2 Å². The summed E-state index contributed by atoms with van der Waals surface area (Å²) in [6.07, 6.45) is 2.10. The maximum atomic E-state index is 11.1. The Morgan fingerprint density at radius 1 is 0.966 bits per heavy atom. The number of nitrogens with one attached hydrogen (secondary N) is 2. The first-order valence-corrected chi connectivity index (χ1v) is 10.7. The summed E-state index contributed by atoms with van der Waals surface area (Å²) in [5.41, 5.74) is 4.47. The van der Waals surface area contributed by atoms with Gasteiger partial charge in [0, 0.05) is 51.0 Å². The Hall–Kier alpha value is -2.44. The van der Waals surface area contributed by atoms with E-state index >= 15 is 0 Å². The third kappa shape index (κ3) is 6.54. The van der Waals surface area contributed by atoms with Crippen LogP contribution < -0.4 is 10.6 Å². The average molecular weight is 411 g/mol. The smallest absolute Gasteiger partial charge is 0.221 e. The lowest BCUT2D eigenvalue weighted by Crippen LogP contribution is -2.37. The van der Waals surface area contributed by atoms with Crippen molar-refractivity contribution >= 4 is 34.6 Å². The maximum Gasteiger partial charge on any atom is 0.221 e. The van der Waals surface area contributed by atoms with Gasteiger partial charge in [-0.25, -0.2) is 0 Å². The number of carbonyl (C=O) groups is 1. The standard InChI is InChI=1S/C23H30N4OS/c1-3-19-6-4-7-22(16-19)25-23(29)27-13-5-12-26(14-15-27)17-20-8-10-21(11-9-20)24-18(2)28/h4,6-11,16H,3,5,12-15,17H2,1-2H3,(H,24,28)(H,25,29). The van der Waals surface area contributed by atoms with Gasteiger partial charge < -0.3 is 15.5 Å². The van der Waals surface area contributed by atoms with E-state index in [4.69, 9.17) is 12.2 Å². The van der Waals surface area contributed by atoms with E-state index in [2.05, 4.69) is 63.8 Å². The Morgan fingerprint density at radius 3 is 2.48 bits per heavy atom. The largest absolute Gasteiger partial charge is 0.348 e. The van der Waals surface area contributed by atoms with E-state index in [9.17, 15) is 4.79 Å². The fourth-order valence-electron chi connectivity index (χ4n) is 3.56. The van der Waals surface area contributed by atoms with Gasteiger partial charge in [0.2, 0.25) is 5.91 Å². The number of rotatable bonds is 5. The number of thiocarbonyl (C=S) groups is 1. The van der Waals surface area contributed by atoms with Gasteiger partial charge in [0.15, 0.2) is 5.11 Å². The lowest BCUT2D eigenvalue weighted by atomic mass is 10.1. The van der Waals surface area contributed by atoms with Crippen LogP contribution in [0.25, 0.3) is 0 Å². The summed E-state index contributed by atoms with van der Waals surface area (Å²) >= 11 is 5.67. The highest BCUT2D eigenvalue weighted by Crippen LogP contribution is 2.15. The first-order valence-electron chi connectivity index (χ1n) is 10.3. The first kappa shape index (κ1) is 21.3. The highest BCUT2D eigenvalue weighted by Gasteiger charge is 2.17. The van der Waals surface area contributed by atoms with E-state index in [0.29, 0.717) is 0 Å².